The molecule has 236 valence electrons. The van der Waals surface area contributed by atoms with E-state index in [0.29, 0.717) is 23.2 Å². The van der Waals surface area contributed by atoms with Gasteiger partial charge in [0.1, 0.15) is 0 Å². The molecule has 0 unspecified atom stereocenters. The van der Waals surface area contributed by atoms with E-state index >= 15 is 0 Å². The molecule has 0 heterocycles. The summed E-state index contributed by atoms with van der Waals surface area (Å²) in [5, 5.41) is 5.78. The van der Waals surface area contributed by atoms with Crippen LogP contribution in [0.4, 0.5) is 11.4 Å². The smallest absolute Gasteiger partial charge is 0.231 e. The van der Waals surface area contributed by atoms with Gasteiger partial charge in [-0.15, -0.1) is 0 Å². The second kappa shape index (κ2) is 14.7. The highest BCUT2D eigenvalue weighted by molar-refractivity contribution is 7.91. The lowest BCUT2D eigenvalue weighted by atomic mass is 9.96. The Bertz CT molecular complexity index is 1570. The van der Waals surface area contributed by atoms with Gasteiger partial charge < -0.3 is 10.6 Å². The Morgan fingerprint density at radius 2 is 0.822 bits per heavy atom. The SMILES string of the molecule is CC(C)Cc1ccc([C@H](C)C(=O)Nc2ccc(S(=O)(=O)c3ccc(NC(=O)[C@@H](C)c4ccc(CC(C)C)cc4)cc3)cc2)cc1. The van der Waals surface area contributed by atoms with E-state index in [2.05, 4.69) is 62.6 Å². The fourth-order valence-corrected chi connectivity index (χ4v) is 6.46. The lowest BCUT2D eigenvalue weighted by Crippen LogP contribution is -2.19. The fraction of sp³-hybridized carbons (Fsp3) is 0.316. The molecule has 0 aliphatic rings. The summed E-state index contributed by atoms with van der Waals surface area (Å²) in [6, 6.07) is 28.5. The van der Waals surface area contributed by atoms with E-state index in [-0.39, 0.29) is 33.4 Å². The average Bonchev–Trinajstić information content (AvgIpc) is 3.01. The first-order chi connectivity index (χ1) is 21.3. The number of sulfone groups is 1. The maximum absolute atomic E-state index is 13.3. The fourth-order valence-electron chi connectivity index (χ4n) is 5.20. The summed E-state index contributed by atoms with van der Waals surface area (Å²) in [6.07, 6.45) is 1.98. The number of hydrogen-bond donors (Lipinski definition) is 2. The van der Waals surface area contributed by atoms with Crippen molar-refractivity contribution in [2.75, 3.05) is 10.6 Å². The summed E-state index contributed by atoms with van der Waals surface area (Å²) in [5.74, 6) is 0.0630. The Labute approximate surface area is 268 Å². The first-order valence-electron chi connectivity index (χ1n) is 15.6. The Balaban J connectivity index is 1.35. The lowest BCUT2D eigenvalue weighted by molar-refractivity contribution is -0.118. The Morgan fingerprint density at radius 1 is 0.511 bits per heavy atom. The van der Waals surface area contributed by atoms with Gasteiger partial charge in [-0.1, -0.05) is 76.2 Å². The van der Waals surface area contributed by atoms with Crippen LogP contribution in [0.15, 0.2) is 107 Å². The van der Waals surface area contributed by atoms with Crippen molar-refractivity contribution in [1.29, 1.82) is 0 Å². The molecule has 0 fully saturated rings. The highest BCUT2D eigenvalue weighted by Gasteiger charge is 2.20. The first-order valence-corrected chi connectivity index (χ1v) is 17.1. The predicted molar refractivity (Wildman–Crippen MR) is 182 cm³/mol. The predicted octanol–water partition coefficient (Wildman–Crippen LogP) is 8.40. The van der Waals surface area contributed by atoms with Gasteiger partial charge in [-0.2, -0.15) is 0 Å². The third-order valence-electron chi connectivity index (χ3n) is 7.90. The van der Waals surface area contributed by atoms with Crippen molar-refractivity contribution >= 4 is 33.0 Å². The summed E-state index contributed by atoms with van der Waals surface area (Å²) in [7, 11) is -3.80. The molecule has 2 amide bonds. The number of amides is 2. The van der Waals surface area contributed by atoms with Crippen LogP contribution in [0, 0.1) is 11.8 Å². The Hall–Kier alpha value is -4.23. The van der Waals surface area contributed by atoms with Crippen LogP contribution in [0.25, 0.3) is 0 Å². The normalized spacial score (nSPS) is 13.0. The molecule has 0 saturated heterocycles. The minimum atomic E-state index is -3.80. The minimum Gasteiger partial charge on any atom is -0.326 e. The van der Waals surface area contributed by atoms with Gasteiger partial charge >= 0.3 is 0 Å². The Morgan fingerprint density at radius 3 is 1.11 bits per heavy atom. The van der Waals surface area contributed by atoms with E-state index in [4.69, 9.17) is 0 Å². The number of rotatable bonds is 12. The summed E-state index contributed by atoms with van der Waals surface area (Å²) >= 11 is 0. The lowest BCUT2D eigenvalue weighted by Gasteiger charge is -2.15. The van der Waals surface area contributed by atoms with Crippen molar-refractivity contribution in [3.05, 3.63) is 119 Å². The molecule has 4 rings (SSSR count). The molecular formula is C38H44N2O4S. The van der Waals surface area contributed by atoms with Gasteiger partial charge in [0.05, 0.1) is 21.6 Å². The second-order valence-corrected chi connectivity index (χ2v) is 14.6. The monoisotopic (exact) mass is 624 g/mol. The number of benzene rings is 4. The standard InChI is InChI=1S/C38H44N2O4S/c1-25(2)23-29-7-11-31(12-8-29)27(5)37(41)39-33-15-19-35(20-16-33)45(43,44)36-21-17-34(18-22-36)40-38(42)28(6)32-13-9-30(10-14-32)24-26(3)4/h7-22,25-28H,23-24H2,1-6H3,(H,39,41)(H,40,42)/t27-,28-/m0/s1. The van der Waals surface area contributed by atoms with Gasteiger partial charge in [-0.3, -0.25) is 9.59 Å². The number of carbonyl (C=O) groups is 2. The van der Waals surface area contributed by atoms with Gasteiger partial charge in [-0.05, 0) is 109 Å². The molecule has 0 spiro atoms. The van der Waals surface area contributed by atoms with Crippen LogP contribution in [0.2, 0.25) is 0 Å². The molecule has 6 nitrogen and oxygen atoms in total. The molecule has 2 N–H and O–H groups in total. The molecule has 45 heavy (non-hydrogen) atoms. The average molecular weight is 625 g/mol. The van der Waals surface area contributed by atoms with E-state index in [1.54, 1.807) is 24.3 Å². The highest BCUT2D eigenvalue weighted by atomic mass is 32.2. The van der Waals surface area contributed by atoms with Gasteiger partial charge in [0, 0.05) is 11.4 Å². The summed E-state index contributed by atoms with van der Waals surface area (Å²) in [6.45, 7) is 12.4. The van der Waals surface area contributed by atoms with E-state index < -0.39 is 9.84 Å². The maximum atomic E-state index is 13.3. The molecule has 0 radical (unpaired) electrons. The molecule has 0 bridgehead atoms. The first kappa shape index (κ1) is 33.7. The molecule has 2 atom stereocenters. The van der Waals surface area contributed by atoms with Crippen LogP contribution in [0.5, 0.6) is 0 Å². The van der Waals surface area contributed by atoms with Crippen LogP contribution < -0.4 is 10.6 Å². The molecular weight excluding hydrogens is 580 g/mol. The topological polar surface area (TPSA) is 92.3 Å². The van der Waals surface area contributed by atoms with Crippen LogP contribution in [0.3, 0.4) is 0 Å². The van der Waals surface area contributed by atoms with Crippen LogP contribution >= 0.6 is 0 Å². The molecule has 0 aromatic heterocycles. The minimum absolute atomic E-state index is 0.112. The Kier molecular flexibility index (Phi) is 11.0. The van der Waals surface area contributed by atoms with Crippen LogP contribution in [-0.2, 0) is 32.3 Å². The molecule has 4 aromatic carbocycles. The van der Waals surface area contributed by atoms with Crippen LogP contribution in [0.1, 0.15) is 75.6 Å². The maximum Gasteiger partial charge on any atom is 0.231 e. The second-order valence-electron chi connectivity index (χ2n) is 12.7. The zero-order valence-corrected chi connectivity index (χ0v) is 27.8. The molecule has 0 saturated carbocycles. The molecule has 7 heteroatoms. The number of nitrogens with one attached hydrogen (secondary N) is 2. The number of hydrogen-bond acceptors (Lipinski definition) is 4. The van der Waals surface area contributed by atoms with Gasteiger partial charge in [0.25, 0.3) is 0 Å². The summed E-state index contributed by atoms with van der Waals surface area (Å²) in [5.41, 5.74) is 5.36. The molecule has 4 aromatic rings. The van der Waals surface area contributed by atoms with Crippen molar-refractivity contribution in [3.8, 4) is 0 Å². The third-order valence-corrected chi connectivity index (χ3v) is 9.68. The van der Waals surface area contributed by atoms with E-state index in [1.165, 1.54) is 35.4 Å². The largest absolute Gasteiger partial charge is 0.326 e. The number of carbonyl (C=O) groups excluding carboxylic acids is 2. The van der Waals surface area contributed by atoms with E-state index in [0.717, 1.165) is 24.0 Å². The number of anilines is 2. The molecule has 0 aliphatic heterocycles. The zero-order valence-electron chi connectivity index (χ0n) is 27.0. The highest BCUT2D eigenvalue weighted by Crippen LogP contribution is 2.26. The van der Waals surface area contributed by atoms with Crippen molar-refractivity contribution in [2.45, 2.75) is 76.0 Å². The zero-order chi connectivity index (χ0) is 32.7. The van der Waals surface area contributed by atoms with Crippen molar-refractivity contribution < 1.29 is 18.0 Å². The van der Waals surface area contributed by atoms with Crippen molar-refractivity contribution in [2.24, 2.45) is 11.8 Å². The van der Waals surface area contributed by atoms with Gasteiger partial charge in [0.2, 0.25) is 21.7 Å². The summed E-state index contributed by atoms with van der Waals surface area (Å²) < 4.78 is 26.6. The van der Waals surface area contributed by atoms with Crippen molar-refractivity contribution in [3.63, 3.8) is 0 Å². The van der Waals surface area contributed by atoms with Crippen LogP contribution in [-0.4, -0.2) is 20.2 Å². The quantitative estimate of drug-likeness (QED) is 0.166. The summed E-state index contributed by atoms with van der Waals surface area (Å²) in [4.78, 5) is 26.0. The van der Waals surface area contributed by atoms with E-state index in [1.807, 2.05) is 38.1 Å². The molecule has 0 aliphatic carbocycles. The van der Waals surface area contributed by atoms with E-state index in [9.17, 15) is 18.0 Å². The van der Waals surface area contributed by atoms with Gasteiger partial charge in [0.15, 0.2) is 0 Å². The van der Waals surface area contributed by atoms with Crippen molar-refractivity contribution in [1.82, 2.24) is 0 Å². The van der Waals surface area contributed by atoms with Gasteiger partial charge in [-0.25, -0.2) is 8.42 Å². The third kappa shape index (κ3) is 8.92.